The lowest BCUT2D eigenvalue weighted by atomic mass is 10.2. The number of amides is 1. The molecule has 0 saturated carbocycles. The van der Waals surface area contributed by atoms with Crippen LogP contribution in [0.3, 0.4) is 0 Å². The zero-order valence-corrected chi connectivity index (χ0v) is 12.9. The molecule has 0 aliphatic rings. The van der Waals surface area contributed by atoms with Gasteiger partial charge in [-0.25, -0.2) is 4.68 Å². The number of nitrogens with zero attached hydrogens (tertiary/aromatic N) is 4. The fourth-order valence-electron chi connectivity index (χ4n) is 1.97. The number of halogens is 1. The lowest BCUT2D eigenvalue weighted by Crippen LogP contribution is -2.12. The molecule has 0 bridgehead atoms. The van der Waals surface area contributed by atoms with Crippen LogP contribution in [-0.4, -0.2) is 33.2 Å². The summed E-state index contributed by atoms with van der Waals surface area (Å²) in [4.78, 5) is 12.3. The minimum atomic E-state index is -0.275. The highest BCUT2D eigenvalue weighted by molar-refractivity contribution is 6.34. The number of carbonyl (C=O) groups is 1. The Labute approximate surface area is 136 Å². The lowest BCUT2D eigenvalue weighted by Gasteiger charge is -2.09. The molecular weight excluding hydrogens is 318 g/mol. The van der Waals surface area contributed by atoms with Gasteiger partial charge in [0.15, 0.2) is 0 Å². The average molecular weight is 330 g/mol. The van der Waals surface area contributed by atoms with Crippen molar-refractivity contribution in [3.63, 3.8) is 0 Å². The first-order chi connectivity index (χ1) is 11.2. The Kier molecular flexibility index (Phi) is 4.20. The molecule has 0 unspecified atom stereocenters. The Hall–Kier alpha value is -2.93. The number of ether oxygens (including phenoxy) is 1. The number of tetrazole rings is 1. The third-order valence-electron chi connectivity index (χ3n) is 3.16. The van der Waals surface area contributed by atoms with Gasteiger partial charge in [0.25, 0.3) is 5.91 Å². The first-order valence-corrected chi connectivity index (χ1v) is 7.03. The van der Waals surface area contributed by atoms with E-state index in [0.717, 1.165) is 0 Å². The summed E-state index contributed by atoms with van der Waals surface area (Å²) in [5.74, 6) is 0.406. The SMILES string of the molecule is COc1ccc(C(=O)Nc2cc(-n3cnnn3)ccc2Cl)cc1. The van der Waals surface area contributed by atoms with Crippen molar-refractivity contribution < 1.29 is 9.53 Å². The molecule has 2 aromatic carbocycles. The van der Waals surface area contributed by atoms with Gasteiger partial charge in [-0.1, -0.05) is 11.6 Å². The second-order valence-electron chi connectivity index (χ2n) is 4.60. The molecule has 0 aliphatic carbocycles. The van der Waals surface area contributed by atoms with Crippen LogP contribution in [-0.2, 0) is 0 Å². The Morgan fingerprint density at radius 3 is 2.65 bits per heavy atom. The van der Waals surface area contributed by atoms with E-state index in [2.05, 4.69) is 20.8 Å². The first kappa shape index (κ1) is 15.0. The fraction of sp³-hybridized carbons (Fsp3) is 0.0667. The van der Waals surface area contributed by atoms with Crippen molar-refractivity contribution in [2.45, 2.75) is 0 Å². The summed E-state index contributed by atoms with van der Waals surface area (Å²) < 4.78 is 6.54. The third kappa shape index (κ3) is 3.29. The molecule has 1 amide bonds. The highest BCUT2D eigenvalue weighted by Gasteiger charge is 2.10. The summed E-state index contributed by atoms with van der Waals surface area (Å²) in [7, 11) is 1.57. The smallest absolute Gasteiger partial charge is 0.255 e. The molecule has 1 N–H and O–H groups in total. The molecule has 0 aliphatic heterocycles. The van der Waals surface area contributed by atoms with E-state index in [1.165, 1.54) is 11.0 Å². The van der Waals surface area contributed by atoms with E-state index >= 15 is 0 Å². The Balaban J connectivity index is 1.83. The molecule has 1 heterocycles. The van der Waals surface area contributed by atoms with Gasteiger partial charge >= 0.3 is 0 Å². The molecule has 0 saturated heterocycles. The lowest BCUT2D eigenvalue weighted by molar-refractivity contribution is 0.102. The summed E-state index contributed by atoms with van der Waals surface area (Å²) in [5.41, 5.74) is 1.65. The Morgan fingerprint density at radius 1 is 1.22 bits per heavy atom. The van der Waals surface area contributed by atoms with Gasteiger partial charge in [-0.15, -0.1) is 5.10 Å². The summed E-state index contributed by atoms with van der Waals surface area (Å²) >= 11 is 6.14. The van der Waals surface area contributed by atoms with Gasteiger partial charge in [-0.05, 0) is 52.9 Å². The standard InChI is InChI=1S/C15H12ClN5O2/c1-23-12-5-2-10(3-6-12)15(22)18-14-8-11(4-7-13(14)16)21-9-17-19-20-21/h2-9H,1H3,(H,18,22). The van der Waals surface area contributed by atoms with Crippen LogP contribution in [0.5, 0.6) is 5.75 Å². The van der Waals surface area contributed by atoms with Crippen LogP contribution in [0, 0.1) is 0 Å². The minimum absolute atomic E-state index is 0.275. The van der Waals surface area contributed by atoms with Crippen LogP contribution in [0.25, 0.3) is 5.69 Å². The molecule has 8 heteroatoms. The first-order valence-electron chi connectivity index (χ1n) is 6.65. The predicted octanol–water partition coefficient (Wildman–Crippen LogP) is 2.58. The maximum Gasteiger partial charge on any atom is 0.255 e. The average Bonchev–Trinajstić information content (AvgIpc) is 3.11. The summed E-state index contributed by atoms with van der Waals surface area (Å²) in [6.45, 7) is 0. The van der Waals surface area contributed by atoms with Crippen molar-refractivity contribution in [1.29, 1.82) is 0 Å². The van der Waals surface area contributed by atoms with Crippen molar-refractivity contribution >= 4 is 23.2 Å². The molecule has 0 atom stereocenters. The number of hydrogen-bond acceptors (Lipinski definition) is 5. The number of nitrogens with one attached hydrogen (secondary N) is 1. The van der Waals surface area contributed by atoms with Gasteiger partial charge < -0.3 is 10.1 Å². The predicted molar refractivity (Wildman–Crippen MR) is 85.1 cm³/mol. The van der Waals surface area contributed by atoms with Crippen molar-refractivity contribution in [3.05, 3.63) is 59.4 Å². The van der Waals surface area contributed by atoms with E-state index in [4.69, 9.17) is 16.3 Å². The zero-order valence-electron chi connectivity index (χ0n) is 12.1. The number of benzene rings is 2. The fourth-order valence-corrected chi connectivity index (χ4v) is 2.13. The highest BCUT2D eigenvalue weighted by Crippen LogP contribution is 2.25. The van der Waals surface area contributed by atoms with Crippen molar-refractivity contribution in [1.82, 2.24) is 20.2 Å². The van der Waals surface area contributed by atoms with E-state index in [0.29, 0.717) is 27.7 Å². The van der Waals surface area contributed by atoms with Crippen LogP contribution in [0.15, 0.2) is 48.8 Å². The number of hydrogen-bond donors (Lipinski definition) is 1. The normalized spacial score (nSPS) is 10.3. The van der Waals surface area contributed by atoms with Gasteiger partial charge in [0, 0.05) is 5.56 Å². The van der Waals surface area contributed by atoms with Crippen LogP contribution < -0.4 is 10.1 Å². The van der Waals surface area contributed by atoms with Gasteiger partial charge in [0.2, 0.25) is 0 Å². The monoisotopic (exact) mass is 329 g/mol. The number of anilines is 1. The summed E-state index contributed by atoms with van der Waals surface area (Å²) in [6.07, 6.45) is 1.46. The van der Waals surface area contributed by atoms with Gasteiger partial charge in [0.1, 0.15) is 12.1 Å². The van der Waals surface area contributed by atoms with Crippen LogP contribution in [0.2, 0.25) is 5.02 Å². The molecule has 0 fully saturated rings. The molecule has 1 aromatic heterocycles. The molecule has 3 aromatic rings. The van der Waals surface area contributed by atoms with Crippen molar-refractivity contribution in [2.75, 3.05) is 12.4 Å². The maximum atomic E-state index is 12.3. The largest absolute Gasteiger partial charge is 0.497 e. The number of rotatable bonds is 4. The molecule has 3 rings (SSSR count). The molecular formula is C15H12ClN5O2. The minimum Gasteiger partial charge on any atom is -0.497 e. The maximum absolute atomic E-state index is 12.3. The Morgan fingerprint density at radius 2 is 2.00 bits per heavy atom. The Bertz CT molecular complexity index is 818. The highest BCUT2D eigenvalue weighted by atomic mass is 35.5. The quantitative estimate of drug-likeness (QED) is 0.795. The van der Waals surface area contributed by atoms with Gasteiger partial charge in [-0.2, -0.15) is 0 Å². The second-order valence-corrected chi connectivity index (χ2v) is 5.01. The molecule has 23 heavy (non-hydrogen) atoms. The van der Waals surface area contributed by atoms with Crippen LogP contribution in [0.4, 0.5) is 5.69 Å². The topological polar surface area (TPSA) is 81.9 Å². The van der Waals surface area contributed by atoms with Crippen molar-refractivity contribution in [2.24, 2.45) is 0 Å². The van der Waals surface area contributed by atoms with Gasteiger partial charge in [0.05, 0.1) is 23.5 Å². The molecule has 116 valence electrons. The number of methoxy groups -OCH3 is 1. The molecule has 0 radical (unpaired) electrons. The molecule has 0 spiro atoms. The zero-order chi connectivity index (χ0) is 16.2. The summed E-state index contributed by atoms with van der Waals surface area (Å²) in [5, 5.41) is 14.1. The second kappa shape index (κ2) is 6.45. The van der Waals surface area contributed by atoms with E-state index in [1.807, 2.05) is 0 Å². The van der Waals surface area contributed by atoms with Crippen LogP contribution >= 0.6 is 11.6 Å². The number of aromatic nitrogens is 4. The van der Waals surface area contributed by atoms with Crippen molar-refractivity contribution in [3.8, 4) is 11.4 Å². The van der Waals surface area contributed by atoms with E-state index in [-0.39, 0.29) is 5.91 Å². The summed E-state index contributed by atoms with van der Waals surface area (Å²) in [6, 6.07) is 11.9. The molecule has 7 nitrogen and oxygen atoms in total. The third-order valence-corrected chi connectivity index (χ3v) is 3.49. The van der Waals surface area contributed by atoms with Crippen LogP contribution in [0.1, 0.15) is 10.4 Å². The van der Waals surface area contributed by atoms with Gasteiger partial charge in [-0.3, -0.25) is 4.79 Å². The van der Waals surface area contributed by atoms with E-state index in [1.54, 1.807) is 49.6 Å². The number of carbonyl (C=O) groups excluding carboxylic acids is 1. The van der Waals surface area contributed by atoms with E-state index in [9.17, 15) is 4.79 Å². The van der Waals surface area contributed by atoms with E-state index < -0.39 is 0 Å².